The van der Waals surface area contributed by atoms with Crippen LogP contribution in [0, 0.1) is 0 Å². The van der Waals surface area contributed by atoms with Crippen molar-refractivity contribution in [2.24, 2.45) is 0 Å². The molecule has 0 aliphatic heterocycles. The Kier molecular flexibility index (Phi) is 7.28. The molecule has 1 aromatic rings. The summed E-state index contributed by atoms with van der Waals surface area (Å²) < 4.78 is 6.80. The first-order valence-electron chi connectivity index (χ1n) is 6.32. The third kappa shape index (κ3) is 4.91. The first kappa shape index (κ1) is 17.7. The van der Waals surface area contributed by atoms with E-state index in [4.69, 9.17) is 4.74 Å². The molecule has 2 unspecified atom stereocenters. The van der Waals surface area contributed by atoms with Crippen LogP contribution in [0.1, 0.15) is 27.2 Å². The number of nitrogens with zero attached hydrogens (tertiary/aromatic N) is 2. The van der Waals surface area contributed by atoms with Gasteiger partial charge in [0.15, 0.2) is 8.68 Å². The Morgan fingerprint density at radius 1 is 1.50 bits per heavy atom. The minimum atomic E-state index is -0.664. The Balaban J connectivity index is 2.66. The molecule has 0 fully saturated rings. The molecule has 0 bridgehead atoms. The van der Waals surface area contributed by atoms with Gasteiger partial charge in [0.2, 0.25) is 0 Å². The molecule has 114 valence electrons. The quantitative estimate of drug-likeness (QED) is 0.579. The molecule has 0 saturated heterocycles. The number of thioether (sulfide) groups is 2. The SMILES string of the molecule is CCNC(C)(CC(C)Sc1nnc(SC)s1)C(=O)OC. The summed E-state index contributed by atoms with van der Waals surface area (Å²) in [6.45, 7) is 6.67. The van der Waals surface area contributed by atoms with Crippen LogP contribution in [-0.4, -0.2) is 46.9 Å². The second-order valence-electron chi connectivity index (χ2n) is 4.52. The molecule has 0 aromatic carbocycles. The van der Waals surface area contributed by atoms with Gasteiger partial charge in [0.1, 0.15) is 5.54 Å². The van der Waals surface area contributed by atoms with Crippen molar-refractivity contribution in [1.29, 1.82) is 0 Å². The van der Waals surface area contributed by atoms with Gasteiger partial charge in [-0.25, -0.2) is 0 Å². The minimum absolute atomic E-state index is 0.228. The van der Waals surface area contributed by atoms with Gasteiger partial charge in [0, 0.05) is 5.25 Å². The second-order valence-corrected chi connectivity index (χ2v) is 8.24. The highest BCUT2D eigenvalue weighted by Gasteiger charge is 2.35. The Hall–Kier alpha value is -0.310. The molecule has 0 saturated carbocycles. The van der Waals surface area contributed by atoms with Gasteiger partial charge < -0.3 is 10.1 Å². The lowest BCUT2D eigenvalue weighted by molar-refractivity contribution is -0.148. The summed E-state index contributed by atoms with van der Waals surface area (Å²) in [6, 6.07) is 0. The lowest BCUT2D eigenvalue weighted by Gasteiger charge is -2.29. The van der Waals surface area contributed by atoms with Gasteiger partial charge in [0.25, 0.3) is 0 Å². The van der Waals surface area contributed by atoms with E-state index in [2.05, 4.69) is 22.4 Å². The molecule has 0 radical (unpaired) electrons. The van der Waals surface area contributed by atoms with Crippen molar-refractivity contribution in [3.05, 3.63) is 0 Å². The van der Waals surface area contributed by atoms with E-state index in [1.54, 1.807) is 34.9 Å². The molecule has 0 amide bonds. The molecule has 5 nitrogen and oxygen atoms in total. The Labute approximate surface area is 132 Å². The van der Waals surface area contributed by atoms with Crippen LogP contribution < -0.4 is 5.32 Å². The zero-order chi connectivity index (χ0) is 15.2. The maximum absolute atomic E-state index is 11.9. The fourth-order valence-electron chi connectivity index (χ4n) is 1.96. The highest BCUT2D eigenvalue weighted by atomic mass is 32.2. The first-order chi connectivity index (χ1) is 9.45. The largest absolute Gasteiger partial charge is 0.468 e. The van der Waals surface area contributed by atoms with Gasteiger partial charge in [0.05, 0.1) is 7.11 Å². The number of carbonyl (C=O) groups is 1. The van der Waals surface area contributed by atoms with Crippen LogP contribution in [0.3, 0.4) is 0 Å². The van der Waals surface area contributed by atoms with Gasteiger partial charge in [-0.15, -0.1) is 10.2 Å². The highest BCUT2D eigenvalue weighted by molar-refractivity contribution is 8.03. The third-order valence-electron chi connectivity index (χ3n) is 2.76. The van der Waals surface area contributed by atoms with Gasteiger partial charge in [-0.1, -0.05) is 48.7 Å². The number of carbonyl (C=O) groups excluding carboxylic acids is 1. The van der Waals surface area contributed by atoms with Gasteiger partial charge in [-0.05, 0) is 26.1 Å². The average molecular weight is 336 g/mol. The van der Waals surface area contributed by atoms with E-state index in [1.807, 2.05) is 20.1 Å². The van der Waals surface area contributed by atoms with E-state index in [0.29, 0.717) is 6.42 Å². The number of aromatic nitrogens is 2. The van der Waals surface area contributed by atoms with E-state index in [0.717, 1.165) is 15.2 Å². The summed E-state index contributed by atoms with van der Waals surface area (Å²) in [5.74, 6) is -0.228. The maximum Gasteiger partial charge on any atom is 0.325 e. The topological polar surface area (TPSA) is 64.1 Å². The average Bonchev–Trinajstić information content (AvgIpc) is 2.85. The standard InChI is InChI=1S/C12H21N3O2S3/c1-6-13-12(3,9(16)17-4)7-8(2)19-11-15-14-10(18-5)20-11/h8,13H,6-7H2,1-5H3. The number of hydrogen-bond donors (Lipinski definition) is 1. The molecular formula is C12H21N3O2S3. The van der Waals surface area contributed by atoms with Gasteiger partial charge >= 0.3 is 5.97 Å². The number of hydrogen-bond acceptors (Lipinski definition) is 8. The van der Waals surface area contributed by atoms with Gasteiger partial charge in [-0.3, -0.25) is 4.79 Å². The first-order valence-corrected chi connectivity index (χ1v) is 9.24. The molecule has 1 rings (SSSR count). The van der Waals surface area contributed by atoms with Crippen LogP contribution >= 0.6 is 34.9 Å². The Morgan fingerprint density at radius 3 is 2.65 bits per heavy atom. The second kappa shape index (κ2) is 8.21. The summed E-state index contributed by atoms with van der Waals surface area (Å²) in [4.78, 5) is 11.9. The Morgan fingerprint density at radius 2 is 2.15 bits per heavy atom. The summed E-state index contributed by atoms with van der Waals surface area (Å²) in [7, 11) is 1.42. The number of esters is 1. The van der Waals surface area contributed by atoms with Crippen molar-refractivity contribution in [3.8, 4) is 0 Å². The number of ether oxygens (including phenoxy) is 1. The summed E-state index contributed by atoms with van der Waals surface area (Å²) >= 11 is 4.82. The van der Waals surface area contributed by atoms with Crippen LogP contribution in [0.5, 0.6) is 0 Å². The van der Waals surface area contributed by atoms with E-state index >= 15 is 0 Å². The molecule has 0 aliphatic rings. The summed E-state index contributed by atoms with van der Waals surface area (Å²) in [5.41, 5.74) is -0.664. The monoisotopic (exact) mass is 335 g/mol. The summed E-state index contributed by atoms with van der Waals surface area (Å²) in [5, 5.41) is 11.7. The van der Waals surface area contributed by atoms with Crippen LogP contribution in [0.4, 0.5) is 0 Å². The molecule has 1 N–H and O–H groups in total. The number of rotatable bonds is 8. The van der Waals surface area contributed by atoms with E-state index in [-0.39, 0.29) is 11.2 Å². The molecular weight excluding hydrogens is 314 g/mol. The zero-order valence-electron chi connectivity index (χ0n) is 12.4. The van der Waals surface area contributed by atoms with Crippen molar-refractivity contribution >= 4 is 40.8 Å². The van der Waals surface area contributed by atoms with Crippen LogP contribution in [-0.2, 0) is 9.53 Å². The summed E-state index contributed by atoms with van der Waals surface area (Å²) in [6.07, 6.45) is 2.66. The smallest absolute Gasteiger partial charge is 0.325 e. The molecule has 0 spiro atoms. The molecule has 1 heterocycles. The maximum atomic E-state index is 11.9. The van der Waals surface area contributed by atoms with Crippen molar-refractivity contribution < 1.29 is 9.53 Å². The van der Waals surface area contributed by atoms with Crippen molar-refractivity contribution in [3.63, 3.8) is 0 Å². The molecule has 0 aliphatic carbocycles. The predicted molar refractivity (Wildman–Crippen MR) is 85.7 cm³/mol. The van der Waals surface area contributed by atoms with E-state index < -0.39 is 5.54 Å². The van der Waals surface area contributed by atoms with E-state index in [1.165, 1.54) is 7.11 Å². The van der Waals surface area contributed by atoms with Crippen LogP contribution in [0.2, 0.25) is 0 Å². The molecule has 20 heavy (non-hydrogen) atoms. The van der Waals surface area contributed by atoms with Crippen LogP contribution in [0.15, 0.2) is 8.68 Å². The van der Waals surface area contributed by atoms with Gasteiger partial charge in [-0.2, -0.15) is 0 Å². The van der Waals surface area contributed by atoms with Crippen molar-refractivity contribution in [2.75, 3.05) is 19.9 Å². The number of likely N-dealkylation sites (N-methyl/N-ethyl adjacent to an activating group) is 1. The molecule has 2 atom stereocenters. The molecule has 1 aromatic heterocycles. The highest BCUT2D eigenvalue weighted by Crippen LogP contribution is 2.33. The van der Waals surface area contributed by atoms with Crippen molar-refractivity contribution in [2.45, 2.75) is 46.7 Å². The van der Waals surface area contributed by atoms with Crippen molar-refractivity contribution in [1.82, 2.24) is 15.5 Å². The third-order valence-corrected chi connectivity index (χ3v) is 5.85. The van der Waals surface area contributed by atoms with E-state index in [9.17, 15) is 4.79 Å². The lowest BCUT2D eigenvalue weighted by atomic mass is 9.96. The fourth-order valence-corrected chi connectivity index (χ4v) is 4.89. The normalized spacial score (nSPS) is 15.7. The number of methoxy groups -OCH3 is 1. The minimum Gasteiger partial charge on any atom is -0.468 e. The Bertz CT molecular complexity index is 441. The molecule has 8 heteroatoms. The predicted octanol–water partition coefficient (Wildman–Crippen LogP) is 2.67. The fraction of sp³-hybridized carbons (Fsp3) is 0.750. The number of nitrogens with one attached hydrogen (secondary N) is 1. The van der Waals surface area contributed by atoms with Crippen LogP contribution in [0.25, 0.3) is 0 Å². The zero-order valence-corrected chi connectivity index (χ0v) is 14.9. The lowest BCUT2D eigenvalue weighted by Crippen LogP contribution is -2.51.